The number of rotatable bonds is 6. The minimum Gasteiger partial charge on any atom is -0.455 e. The van der Waals surface area contributed by atoms with Crippen LogP contribution < -0.4 is 15.8 Å². The second kappa shape index (κ2) is 10.2. The summed E-state index contributed by atoms with van der Waals surface area (Å²) in [5.74, 6) is 1.76. The van der Waals surface area contributed by atoms with Gasteiger partial charge in [-0.3, -0.25) is 4.79 Å². The van der Waals surface area contributed by atoms with E-state index in [1.54, 1.807) is 22.3 Å². The minimum absolute atomic E-state index is 0.0789. The summed E-state index contributed by atoms with van der Waals surface area (Å²) in [7, 11) is 0. The number of piperidine rings is 1. The van der Waals surface area contributed by atoms with Crippen LogP contribution in [0.2, 0.25) is 5.02 Å². The summed E-state index contributed by atoms with van der Waals surface area (Å²) in [6.45, 7) is 0.910. The summed E-state index contributed by atoms with van der Waals surface area (Å²) in [6, 6.07) is 14.8. The molecule has 1 fully saturated rings. The highest BCUT2D eigenvalue weighted by Crippen LogP contribution is 2.37. The van der Waals surface area contributed by atoms with Gasteiger partial charge >= 0.3 is 0 Å². The van der Waals surface area contributed by atoms with E-state index in [-0.39, 0.29) is 12.5 Å². The second-order valence-electron chi connectivity index (χ2n) is 9.22. The average Bonchev–Trinajstić information content (AvgIpc) is 3.56. The molecule has 1 amide bonds. The Balaban J connectivity index is 1.22. The zero-order valence-corrected chi connectivity index (χ0v) is 21.8. The summed E-state index contributed by atoms with van der Waals surface area (Å²) < 4.78 is 9.09. The number of anilines is 2. The molecular formula is C27H25ClN6O3S. The summed E-state index contributed by atoms with van der Waals surface area (Å²) in [4.78, 5) is 23.5. The predicted octanol–water partition coefficient (Wildman–Crippen LogP) is 4.76. The third-order valence-electron chi connectivity index (χ3n) is 6.70. The number of fused-ring (bicyclic) bond motifs is 2. The van der Waals surface area contributed by atoms with Crippen LogP contribution in [-0.4, -0.2) is 55.7 Å². The number of amides is 1. The molecule has 0 radical (unpaired) electrons. The molecule has 6 rings (SSSR count). The summed E-state index contributed by atoms with van der Waals surface area (Å²) in [6.07, 6.45) is 3.18. The Kier molecular flexibility index (Phi) is 6.62. The smallest absolute Gasteiger partial charge is 0.242 e. The number of halogens is 1. The van der Waals surface area contributed by atoms with Crippen LogP contribution in [0, 0.1) is 0 Å². The van der Waals surface area contributed by atoms with Gasteiger partial charge in [0.2, 0.25) is 5.91 Å². The number of hydrogen-bond donors (Lipinski definition) is 3. The zero-order valence-electron chi connectivity index (χ0n) is 20.3. The molecule has 0 saturated carbocycles. The van der Waals surface area contributed by atoms with E-state index in [1.807, 2.05) is 52.5 Å². The number of aromatic nitrogens is 3. The van der Waals surface area contributed by atoms with E-state index >= 15 is 0 Å². The standard InChI is InChI=1S/C27H25ClN6O3S/c28-18-12-16(4-5-23(18)37-22-2-1-3-24-17(22)8-11-38-24)32-27-26-20(30-15-31-27)6-9-34(26)14-25(36)33-10-7-21(35)19(29)13-33/h1-6,8-9,11-12,15,19,21,35H,7,10,13-14,29H2,(H,30,31,32)/t19-,21-/m0/s1. The molecule has 0 bridgehead atoms. The first-order chi connectivity index (χ1) is 18.5. The number of ether oxygens (including phenoxy) is 1. The summed E-state index contributed by atoms with van der Waals surface area (Å²) in [5.41, 5.74) is 8.08. The first-order valence-electron chi connectivity index (χ1n) is 12.2. The number of likely N-dealkylation sites (tertiary alicyclic amines) is 1. The lowest BCUT2D eigenvalue weighted by atomic mass is 10.0. The van der Waals surface area contributed by atoms with Crippen molar-refractivity contribution in [1.29, 1.82) is 0 Å². The molecular weight excluding hydrogens is 524 g/mol. The van der Waals surface area contributed by atoms with E-state index in [4.69, 9.17) is 22.1 Å². The molecule has 9 nitrogen and oxygen atoms in total. The van der Waals surface area contributed by atoms with Crippen molar-refractivity contribution in [2.24, 2.45) is 5.73 Å². The summed E-state index contributed by atoms with van der Waals surface area (Å²) in [5, 5.41) is 16.7. The van der Waals surface area contributed by atoms with Crippen LogP contribution in [0.1, 0.15) is 6.42 Å². The van der Waals surface area contributed by atoms with Gasteiger partial charge in [-0.1, -0.05) is 17.7 Å². The Hall–Kier alpha value is -3.70. The topological polar surface area (TPSA) is 119 Å². The highest BCUT2D eigenvalue weighted by molar-refractivity contribution is 7.17. The lowest BCUT2D eigenvalue weighted by molar-refractivity contribution is -0.134. The third-order valence-corrected chi connectivity index (χ3v) is 7.88. The fourth-order valence-corrected chi connectivity index (χ4v) is 5.69. The van der Waals surface area contributed by atoms with Crippen LogP contribution in [0.5, 0.6) is 11.5 Å². The first-order valence-corrected chi connectivity index (χ1v) is 13.4. The van der Waals surface area contributed by atoms with Gasteiger partial charge in [0.15, 0.2) is 5.82 Å². The van der Waals surface area contributed by atoms with E-state index in [9.17, 15) is 9.90 Å². The van der Waals surface area contributed by atoms with Crippen LogP contribution in [-0.2, 0) is 11.3 Å². The molecule has 0 spiro atoms. The quantitative estimate of drug-likeness (QED) is 0.280. The van der Waals surface area contributed by atoms with Crippen molar-refractivity contribution in [3.8, 4) is 11.5 Å². The van der Waals surface area contributed by atoms with Crippen LogP contribution in [0.25, 0.3) is 21.1 Å². The first kappa shape index (κ1) is 24.6. The van der Waals surface area contributed by atoms with Gasteiger partial charge < -0.3 is 30.4 Å². The fraction of sp³-hybridized carbons (Fsp3) is 0.222. The number of aliphatic hydroxyl groups is 1. The maximum atomic E-state index is 13.0. The number of nitrogens with zero attached hydrogens (tertiary/aromatic N) is 4. The number of carbonyl (C=O) groups excluding carboxylic acids is 1. The minimum atomic E-state index is -0.580. The predicted molar refractivity (Wildman–Crippen MR) is 149 cm³/mol. The molecule has 1 saturated heterocycles. The van der Waals surface area contributed by atoms with Gasteiger partial charge in [0.25, 0.3) is 0 Å². The van der Waals surface area contributed by atoms with Crippen LogP contribution >= 0.6 is 22.9 Å². The number of nitrogens with one attached hydrogen (secondary N) is 1. The van der Waals surface area contributed by atoms with Gasteiger partial charge in [-0.25, -0.2) is 9.97 Å². The molecule has 194 valence electrons. The van der Waals surface area contributed by atoms with Crippen LogP contribution in [0.3, 0.4) is 0 Å². The molecule has 2 atom stereocenters. The number of benzene rings is 2. The molecule has 1 aliphatic rings. The monoisotopic (exact) mass is 548 g/mol. The Labute approximate surface area is 227 Å². The molecule has 0 unspecified atom stereocenters. The van der Waals surface area contributed by atoms with E-state index in [1.165, 1.54) is 6.33 Å². The number of aliphatic hydroxyl groups excluding tert-OH is 1. The van der Waals surface area contributed by atoms with E-state index in [2.05, 4.69) is 21.4 Å². The molecule has 0 aliphatic carbocycles. The lowest BCUT2D eigenvalue weighted by Gasteiger charge is -2.34. The number of hydrogen-bond acceptors (Lipinski definition) is 8. The van der Waals surface area contributed by atoms with Crippen LogP contribution in [0.15, 0.2) is 66.4 Å². The van der Waals surface area contributed by atoms with Crippen molar-refractivity contribution in [3.63, 3.8) is 0 Å². The Morgan fingerprint density at radius 1 is 1.21 bits per heavy atom. The van der Waals surface area contributed by atoms with Gasteiger partial charge in [0.05, 0.1) is 16.6 Å². The van der Waals surface area contributed by atoms with E-state index in [0.29, 0.717) is 52.8 Å². The Bertz CT molecular complexity index is 1640. The maximum absolute atomic E-state index is 13.0. The molecule has 38 heavy (non-hydrogen) atoms. The number of thiophene rings is 1. The molecule has 4 N–H and O–H groups in total. The van der Waals surface area contributed by atoms with Crippen molar-refractivity contribution in [1.82, 2.24) is 19.4 Å². The van der Waals surface area contributed by atoms with Crippen molar-refractivity contribution in [2.75, 3.05) is 18.4 Å². The normalized spacial score (nSPS) is 17.7. The Morgan fingerprint density at radius 2 is 2.11 bits per heavy atom. The molecule has 3 aromatic heterocycles. The highest BCUT2D eigenvalue weighted by atomic mass is 35.5. The Morgan fingerprint density at radius 3 is 2.95 bits per heavy atom. The second-order valence-corrected chi connectivity index (χ2v) is 10.6. The van der Waals surface area contributed by atoms with Crippen molar-refractivity contribution < 1.29 is 14.6 Å². The van der Waals surface area contributed by atoms with Crippen molar-refractivity contribution >= 4 is 61.5 Å². The zero-order chi connectivity index (χ0) is 26.2. The van der Waals surface area contributed by atoms with E-state index in [0.717, 1.165) is 15.8 Å². The molecule has 5 aromatic rings. The number of nitrogens with two attached hydrogens (primary N) is 1. The summed E-state index contributed by atoms with van der Waals surface area (Å²) >= 11 is 8.26. The lowest BCUT2D eigenvalue weighted by Crippen LogP contribution is -2.53. The largest absolute Gasteiger partial charge is 0.455 e. The number of carbonyl (C=O) groups is 1. The SMILES string of the molecule is N[C@H]1CN(C(=O)Cn2ccc3ncnc(Nc4ccc(Oc5cccc6sccc56)c(Cl)c4)c32)CC[C@@H]1O. The van der Waals surface area contributed by atoms with Gasteiger partial charge in [0, 0.05) is 41.1 Å². The molecule has 11 heteroatoms. The maximum Gasteiger partial charge on any atom is 0.242 e. The van der Waals surface area contributed by atoms with Gasteiger partial charge in [-0.15, -0.1) is 11.3 Å². The van der Waals surface area contributed by atoms with Gasteiger partial charge in [-0.05, 0) is 54.3 Å². The fourth-order valence-electron chi connectivity index (χ4n) is 4.67. The van der Waals surface area contributed by atoms with E-state index < -0.39 is 12.1 Å². The molecule has 2 aromatic carbocycles. The van der Waals surface area contributed by atoms with Gasteiger partial charge in [0.1, 0.15) is 29.9 Å². The average molecular weight is 549 g/mol. The molecule has 4 heterocycles. The third kappa shape index (κ3) is 4.79. The van der Waals surface area contributed by atoms with Crippen LogP contribution in [0.4, 0.5) is 11.5 Å². The highest BCUT2D eigenvalue weighted by Gasteiger charge is 2.28. The molecule has 1 aliphatic heterocycles. The van der Waals surface area contributed by atoms with Crippen molar-refractivity contribution in [2.45, 2.75) is 25.1 Å². The van der Waals surface area contributed by atoms with Gasteiger partial charge in [-0.2, -0.15) is 0 Å². The van der Waals surface area contributed by atoms with Crippen molar-refractivity contribution in [3.05, 3.63) is 71.5 Å².